The summed E-state index contributed by atoms with van der Waals surface area (Å²) < 4.78 is 39.7. The zero-order valence-electron chi connectivity index (χ0n) is 22.3. The highest BCUT2D eigenvalue weighted by Crippen LogP contribution is 2.51. The van der Waals surface area contributed by atoms with Crippen molar-refractivity contribution in [3.05, 3.63) is 82.3 Å². The highest BCUT2D eigenvalue weighted by atomic mass is 19.2. The third kappa shape index (κ3) is 5.03. The van der Waals surface area contributed by atoms with Gasteiger partial charge in [-0.05, 0) is 30.4 Å². The molecule has 2 N–H and O–H groups in total. The molecule has 9 nitrogen and oxygen atoms in total. The van der Waals surface area contributed by atoms with Crippen molar-refractivity contribution in [2.45, 2.75) is 44.3 Å². The second kappa shape index (κ2) is 11.4. The molecular weight excluding hydrogens is 520 g/mol. The first-order valence-corrected chi connectivity index (χ1v) is 13.2. The Morgan fingerprint density at radius 3 is 2.25 bits per heavy atom. The molecule has 0 saturated heterocycles. The third-order valence-electron chi connectivity index (χ3n) is 7.77. The van der Waals surface area contributed by atoms with E-state index in [2.05, 4.69) is 20.9 Å². The fraction of sp³-hybridized carbons (Fsp3) is 0.379. The Labute approximate surface area is 230 Å². The average molecular weight is 552 g/mol. The molecular formula is C29H31F2N5O4. The van der Waals surface area contributed by atoms with E-state index in [0.717, 1.165) is 42.0 Å². The first-order chi connectivity index (χ1) is 19.4. The number of halogens is 2. The monoisotopic (exact) mass is 551 g/mol. The van der Waals surface area contributed by atoms with Crippen molar-refractivity contribution >= 4 is 17.3 Å². The first kappa shape index (κ1) is 27.3. The lowest BCUT2D eigenvalue weighted by molar-refractivity contribution is -0.141. The zero-order valence-corrected chi connectivity index (χ0v) is 22.3. The standard InChI is InChI=1S/C29H31F2N5O4/c1-39-25-14-13-20(27(32-25)40-2)29(33-23-15-21(30)22(31)16-24(23)34-29)26(19-11-7-4-8-12-19)28(37)36(35-38)17-18-9-5-3-6-10-18/h3,5-6,9-10,13-16,19,26,33-34H,4,7-8,11-12,17H2,1-2H3. The number of nitrogens with zero attached hydrogens (tertiary/aromatic N) is 3. The fourth-order valence-electron chi connectivity index (χ4n) is 5.93. The zero-order chi connectivity index (χ0) is 28.3. The number of nitroso groups, excluding NO2 is 1. The van der Waals surface area contributed by atoms with E-state index in [-0.39, 0.29) is 35.6 Å². The minimum atomic E-state index is -1.48. The number of fused-ring (bicyclic) bond motifs is 1. The minimum absolute atomic E-state index is 0.0311. The maximum atomic E-state index is 14.5. The number of anilines is 2. The number of amides is 1. The van der Waals surface area contributed by atoms with Gasteiger partial charge < -0.3 is 20.1 Å². The molecule has 1 saturated carbocycles. The molecule has 2 aromatic carbocycles. The van der Waals surface area contributed by atoms with Crippen molar-refractivity contribution in [3.63, 3.8) is 0 Å². The van der Waals surface area contributed by atoms with Gasteiger partial charge in [-0.25, -0.2) is 8.78 Å². The normalized spacial score (nSPS) is 16.7. The van der Waals surface area contributed by atoms with Crippen LogP contribution in [0, 0.1) is 28.4 Å². The molecule has 0 radical (unpaired) electrons. The van der Waals surface area contributed by atoms with Crippen molar-refractivity contribution in [1.29, 1.82) is 0 Å². The number of ether oxygens (including phenoxy) is 2. The summed E-state index contributed by atoms with van der Waals surface area (Å²) in [4.78, 5) is 31.1. The van der Waals surface area contributed by atoms with Crippen LogP contribution in [-0.4, -0.2) is 30.1 Å². The molecule has 0 bridgehead atoms. The van der Waals surface area contributed by atoms with Crippen LogP contribution in [0.25, 0.3) is 0 Å². The summed E-state index contributed by atoms with van der Waals surface area (Å²) in [7, 11) is 2.91. The van der Waals surface area contributed by atoms with Gasteiger partial charge in [0.2, 0.25) is 11.8 Å². The van der Waals surface area contributed by atoms with Gasteiger partial charge in [0.25, 0.3) is 5.91 Å². The molecule has 1 aromatic heterocycles. The molecule has 1 fully saturated rings. The van der Waals surface area contributed by atoms with Crippen LogP contribution in [0.4, 0.5) is 20.2 Å². The van der Waals surface area contributed by atoms with Crippen molar-refractivity contribution in [2.75, 3.05) is 24.9 Å². The number of hydrogen-bond acceptors (Lipinski definition) is 8. The fourth-order valence-corrected chi connectivity index (χ4v) is 5.93. The molecule has 5 rings (SSSR count). The molecule has 1 unspecified atom stereocenters. The van der Waals surface area contributed by atoms with E-state index in [9.17, 15) is 18.5 Å². The lowest BCUT2D eigenvalue weighted by Gasteiger charge is -2.44. The van der Waals surface area contributed by atoms with E-state index in [1.165, 1.54) is 14.2 Å². The van der Waals surface area contributed by atoms with Crippen molar-refractivity contribution in [3.8, 4) is 11.8 Å². The van der Waals surface area contributed by atoms with Gasteiger partial charge in [0.1, 0.15) is 0 Å². The number of rotatable bonds is 9. The van der Waals surface area contributed by atoms with E-state index in [1.807, 2.05) is 18.2 Å². The van der Waals surface area contributed by atoms with E-state index in [0.29, 0.717) is 18.4 Å². The molecule has 0 spiro atoms. The van der Waals surface area contributed by atoms with Gasteiger partial charge in [0.05, 0.1) is 48.9 Å². The molecule has 1 aliphatic carbocycles. The number of pyridine rings is 1. The molecule has 1 atom stereocenters. The number of methoxy groups -OCH3 is 2. The molecule has 40 heavy (non-hydrogen) atoms. The summed E-state index contributed by atoms with van der Waals surface area (Å²) in [5, 5.41) is 10.6. The Hall–Kier alpha value is -4.28. The van der Waals surface area contributed by atoms with E-state index >= 15 is 0 Å². The summed E-state index contributed by atoms with van der Waals surface area (Å²) in [6.07, 6.45) is 4.24. The molecule has 11 heteroatoms. The van der Waals surface area contributed by atoms with E-state index in [1.54, 1.807) is 24.3 Å². The number of hydrogen-bond donors (Lipinski definition) is 2. The van der Waals surface area contributed by atoms with Crippen LogP contribution in [0.3, 0.4) is 0 Å². The third-order valence-corrected chi connectivity index (χ3v) is 7.77. The summed E-state index contributed by atoms with van der Waals surface area (Å²) in [5.41, 5.74) is 0.196. The summed E-state index contributed by atoms with van der Waals surface area (Å²) in [6, 6.07) is 14.5. The Balaban J connectivity index is 1.68. The maximum Gasteiger partial charge on any atom is 0.253 e. The molecule has 2 aliphatic rings. The topological polar surface area (TPSA) is 105 Å². The summed E-state index contributed by atoms with van der Waals surface area (Å²) in [6.45, 7) is -0.0311. The molecule has 3 aromatic rings. The predicted octanol–water partition coefficient (Wildman–Crippen LogP) is 5.97. The Bertz CT molecular complexity index is 1350. The smallest absolute Gasteiger partial charge is 0.253 e. The highest BCUT2D eigenvalue weighted by Gasteiger charge is 2.55. The van der Waals surface area contributed by atoms with Crippen LogP contribution in [0.15, 0.2) is 59.9 Å². The molecule has 1 amide bonds. The van der Waals surface area contributed by atoms with Crippen LogP contribution in [0.1, 0.15) is 43.2 Å². The number of aromatic nitrogens is 1. The van der Waals surface area contributed by atoms with Crippen molar-refractivity contribution < 1.29 is 23.0 Å². The van der Waals surface area contributed by atoms with Gasteiger partial charge >= 0.3 is 0 Å². The molecule has 210 valence electrons. The van der Waals surface area contributed by atoms with Gasteiger partial charge in [-0.15, -0.1) is 4.91 Å². The average Bonchev–Trinajstić information content (AvgIpc) is 3.35. The van der Waals surface area contributed by atoms with Crippen LogP contribution < -0.4 is 20.1 Å². The summed E-state index contributed by atoms with van der Waals surface area (Å²) in [5.74, 6) is -3.31. The second-order valence-electron chi connectivity index (χ2n) is 10.1. The highest BCUT2D eigenvalue weighted by molar-refractivity contribution is 5.86. The SMILES string of the molecule is COc1ccc(C2(C(C(=O)N(Cc3ccccc3)N=O)C3CCCCC3)Nc3cc(F)c(F)cc3N2)c(OC)n1. The lowest BCUT2D eigenvalue weighted by atomic mass is 9.71. The number of carbonyl (C=O) groups is 1. The van der Waals surface area contributed by atoms with Crippen molar-refractivity contribution in [1.82, 2.24) is 9.99 Å². The largest absolute Gasteiger partial charge is 0.481 e. The number of benzene rings is 2. The first-order valence-electron chi connectivity index (χ1n) is 13.2. The maximum absolute atomic E-state index is 14.5. The lowest BCUT2D eigenvalue weighted by Crippen LogP contribution is -2.55. The predicted molar refractivity (Wildman–Crippen MR) is 145 cm³/mol. The Morgan fingerprint density at radius 1 is 1.02 bits per heavy atom. The van der Waals surface area contributed by atoms with Gasteiger partial charge in [-0.3, -0.25) is 4.79 Å². The second-order valence-corrected chi connectivity index (χ2v) is 10.1. The summed E-state index contributed by atoms with van der Waals surface area (Å²) >= 11 is 0. The Kier molecular flexibility index (Phi) is 7.81. The van der Waals surface area contributed by atoms with Gasteiger partial charge in [0.15, 0.2) is 17.3 Å². The van der Waals surface area contributed by atoms with Crippen LogP contribution in [0.5, 0.6) is 11.8 Å². The van der Waals surface area contributed by atoms with Gasteiger partial charge in [-0.1, -0.05) is 49.6 Å². The van der Waals surface area contributed by atoms with Crippen molar-refractivity contribution in [2.24, 2.45) is 17.1 Å². The molecule has 1 aliphatic heterocycles. The van der Waals surface area contributed by atoms with Gasteiger partial charge in [-0.2, -0.15) is 9.99 Å². The molecule has 2 heterocycles. The quantitative estimate of drug-likeness (QED) is 0.249. The number of nitrogens with one attached hydrogen (secondary N) is 2. The van der Waals surface area contributed by atoms with E-state index in [4.69, 9.17) is 9.47 Å². The van der Waals surface area contributed by atoms with Crippen LogP contribution in [-0.2, 0) is 17.0 Å². The minimum Gasteiger partial charge on any atom is -0.481 e. The Morgan fingerprint density at radius 2 is 1.68 bits per heavy atom. The van der Waals surface area contributed by atoms with Crippen LogP contribution in [0.2, 0.25) is 0 Å². The van der Waals surface area contributed by atoms with E-state index < -0.39 is 29.1 Å². The number of carbonyl (C=O) groups excluding carboxylic acids is 1. The van der Waals surface area contributed by atoms with Crippen LogP contribution >= 0.6 is 0 Å². The van der Waals surface area contributed by atoms with Gasteiger partial charge in [0, 0.05) is 18.2 Å².